The summed E-state index contributed by atoms with van der Waals surface area (Å²) in [5.74, 6) is 0.463. The molecule has 3 aromatic rings. The predicted octanol–water partition coefficient (Wildman–Crippen LogP) is 5.45. The molecule has 0 fully saturated rings. The molecule has 3 heterocycles. The number of para-hydroxylation sites is 1. The van der Waals surface area contributed by atoms with Crippen LogP contribution in [0.3, 0.4) is 0 Å². The fourth-order valence-electron chi connectivity index (χ4n) is 4.48. The highest BCUT2D eigenvalue weighted by Gasteiger charge is 2.60. The average molecular weight is 481 g/mol. The number of anilines is 1. The molecule has 0 aliphatic carbocycles. The maximum Gasteiger partial charge on any atom is 0.306 e. The van der Waals surface area contributed by atoms with Crippen LogP contribution in [0.2, 0.25) is 5.02 Å². The second-order valence-corrected chi connectivity index (χ2v) is 8.90. The molecule has 1 amide bonds. The minimum atomic E-state index is -1.35. The van der Waals surface area contributed by atoms with Gasteiger partial charge < -0.3 is 10.1 Å². The Morgan fingerprint density at radius 1 is 1.13 bits per heavy atom. The van der Waals surface area contributed by atoms with Crippen molar-refractivity contribution < 1.29 is 9.53 Å². The predicted molar refractivity (Wildman–Crippen MR) is 119 cm³/mol. The van der Waals surface area contributed by atoms with E-state index in [-0.39, 0.29) is 11.9 Å². The van der Waals surface area contributed by atoms with E-state index >= 15 is 0 Å². The molecule has 5 nitrogen and oxygen atoms in total. The van der Waals surface area contributed by atoms with E-state index in [2.05, 4.69) is 21.2 Å². The fraction of sp³-hybridized carbons (Fsp3) is 0.130. The number of benzene rings is 3. The number of carbonyl (C=O) groups excluding carboxylic acids is 1. The van der Waals surface area contributed by atoms with Gasteiger partial charge in [0.1, 0.15) is 5.75 Å². The van der Waals surface area contributed by atoms with Gasteiger partial charge in [-0.15, -0.1) is 0 Å². The standard InChI is InChI=1S/C23H15BrClN3O2/c24-14-7-10-18-17(11-14)23(22(29)26-18)28-20(16-3-1-2-4-21(16)30-23)12-19(27-28)13-5-8-15(25)9-6-13/h1-11,20H,12H2,(H,26,29)/t20-,23-/m0/s1. The van der Waals surface area contributed by atoms with Crippen molar-refractivity contribution in [1.82, 2.24) is 5.01 Å². The van der Waals surface area contributed by atoms with E-state index in [0.717, 1.165) is 32.6 Å². The molecule has 0 bridgehead atoms. The lowest BCUT2D eigenvalue weighted by Crippen LogP contribution is -2.55. The molecular weight excluding hydrogens is 466 g/mol. The average Bonchev–Trinajstić information content (AvgIpc) is 3.30. The highest BCUT2D eigenvalue weighted by molar-refractivity contribution is 9.10. The molecule has 30 heavy (non-hydrogen) atoms. The topological polar surface area (TPSA) is 53.9 Å². The molecular formula is C23H15BrClN3O2. The van der Waals surface area contributed by atoms with Crippen LogP contribution in [0.1, 0.15) is 29.2 Å². The van der Waals surface area contributed by atoms with Crippen molar-refractivity contribution in [3.05, 3.63) is 92.9 Å². The summed E-state index contributed by atoms with van der Waals surface area (Å²) >= 11 is 9.60. The molecule has 3 aliphatic heterocycles. The van der Waals surface area contributed by atoms with Crippen LogP contribution in [-0.2, 0) is 10.5 Å². The van der Waals surface area contributed by atoms with Gasteiger partial charge in [-0.05, 0) is 42.0 Å². The molecule has 7 heteroatoms. The molecule has 0 saturated carbocycles. The summed E-state index contributed by atoms with van der Waals surface area (Å²) in [4.78, 5) is 13.4. The van der Waals surface area contributed by atoms with Gasteiger partial charge in [-0.25, -0.2) is 5.01 Å². The first-order chi connectivity index (χ1) is 14.6. The van der Waals surface area contributed by atoms with Crippen molar-refractivity contribution in [3.8, 4) is 5.75 Å². The summed E-state index contributed by atoms with van der Waals surface area (Å²) in [7, 11) is 0. The Morgan fingerprint density at radius 3 is 2.77 bits per heavy atom. The Labute approximate surface area is 186 Å². The zero-order chi connectivity index (χ0) is 20.5. The Hall–Kier alpha value is -2.83. The normalized spacial score (nSPS) is 23.4. The van der Waals surface area contributed by atoms with Crippen LogP contribution in [0.15, 0.2) is 76.3 Å². The van der Waals surface area contributed by atoms with Crippen molar-refractivity contribution in [2.75, 3.05) is 5.32 Å². The summed E-state index contributed by atoms with van der Waals surface area (Å²) in [6, 6.07) is 21.1. The maximum atomic E-state index is 13.4. The van der Waals surface area contributed by atoms with Crippen LogP contribution in [-0.4, -0.2) is 16.6 Å². The first kappa shape index (κ1) is 18.0. The molecule has 0 unspecified atom stereocenters. The number of carbonyl (C=O) groups is 1. The van der Waals surface area contributed by atoms with E-state index in [1.54, 1.807) is 0 Å². The number of hydrazone groups is 1. The first-order valence-corrected chi connectivity index (χ1v) is 10.8. The van der Waals surface area contributed by atoms with Gasteiger partial charge in [0, 0.05) is 21.5 Å². The minimum Gasteiger partial charge on any atom is -0.453 e. The number of fused-ring (bicyclic) bond motifs is 6. The number of halogens is 2. The maximum absolute atomic E-state index is 13.4. The fourth-order valence-corrected chi connectivity index (χ4v) is 4.97. The molecule has 1 N–H and O–H groups in total. The third-order valence-corrected chi connectivity index (χ3v) is 6.59. The highest BCUT2D eigenvalue weighted by atomic mass is 79.9. The quantitative estimate of drug-likeness (QED) is 0.504. The van der Waals surface area contributed by atoms with Crippen LogP contribution in [0.25, 0.3) is 0 Å². The molecule has 3 aliphatic rings. The van der Waals surface area contributed by atoms with Gasteiger partial charge in [0.05, 0.1) is 23.0 Å². The summed E-state index contributed by atoms with van der Waals surface area (Å²) in [5.41, 5.74) is 3.03. The SMILES string of the molecule is O=C1Nc2ccc(Br)cc2[C@]12Oc1ccccc1[C@@H]1CC(c3ccc(Cl)cc3)=NN12. The molecule has 148 valence electrons. The number of amides is 1. The van der Waals surface area contributed by atoms with Crippen molar-refractivity contribution >= 4 is 44.8 Å². The number of nitrogens with zero attached hydrogens (tertiary/aromatic N) is 2. The van der Waals surface area contributed by atoms with Crippen LogP contribution >= 0.6 is 27.5 Å². The van der Waals surface area contributed by atoms with Gasteiger partial charge in [-0.3, -0.25) is 4.79 Å². The third-order valence-electron chi connectivity index (χ3n) is 5.85. The lowest BCUT2D eigenvalue weighted by molar-refractivity contribution is -0.161. The van der Waals surface area contributed by atoms with Crippen molar-refractivity contribution in [2.45, 2.75) is 18.2 Å². The summed E-state index contributed by atoms with van der Waals surface area (Å²) in [5, 5.41) is 10.4. The zero-order valence-corrected chi connectivity index (χ0v) is 17.9. The van der Waals surface area contributed by atoms with Gasteiger partial charge in [-0.2, -0.15) is 5.10 Å². The number of hydrogen-bond donors (Lipinski definition) is 1. The lowest BCUT2D eigenvalue weighted by atomic mass is 9.92. The third kappa shape index (κ3) is 2.41. The van der Waals surface area contributed by atoms with Gasteiger partial charge in [0.25, 0.3) is 5.91 Å². The van der Waals surface area contributed by atoms with Gasteiger partial charge >= 0.3 is 5.72 Å². The smallest absolute Gasteiger partial charge is 0.306 e. The number of nitrogens with one attached hydrogen (secondary N) is 1. The lowest BCUT2D eigenvalue weighted by Gasteiger charge is -2.44. The molecule has 0 aromatic heterocycles. The van der Waals surface area contributed by atoms with Crippen LogP contribution in [0, 0.1) is 0 Å². The Bertz CT molecular complexity index is 1240. The molecule has 3 aromatic carbocycles. The first-order valence-electron chi connectivity index (χ1n) is 9.58. The van der Waals surface area contributed by atoms with Crippen molar-refractivity contribution in [3.63, 3.8) is 0 Å². The summed E-state index contributed by atoms with van der Waals surface area (Å²) < 4.78 is 7.33. The van der Waals surface area contributed by atoms with Crippen LogP contribution < -0.4 is 10.1 Å². The molecule has 0 saturated heterocycles. The van der Waals surface area contributed by atoms with Gasteiger partial charge in [0.15, 0.2) is 0 Å². The molecule has 6 rings (SSSR count). The Morgan fingerprint density at radius 2 is 1.93 bits per heavy atom. The number of rotatable bonds is 1. The van der Waals surface area contributed by atoms with E-state index in [0.29, 0.717) is 17.2 Å². The number of ether oxygens (including phenoxy) is 1. The van der Waals surface area contributed by atoms with E-state index in [1.807, 2.05) is 71.7 Å². The molecule has 1 spiro atoms. The summed E-state index contributed by atoms with van der Waals surface area (Å²) in [6.07, 6.45) is 0.667. The molecule has 2 atom stereocenters. The molecule has 0 radical (unpaired) electrons. The van der Waals surface area contributed by atoms with E-state index in [1.165, 1.54) is 0 Å². The zero-order valence-electron chi connectivity index (χ0n) is 15.6. The largest absolute Gasteiger partial charge is 0.453 e. The van der Waals surface area contributed by atoms with E-state index < -0.39 is 5.72 Å². The highest BCUT2D eigenvalue weighted by Crippen LogP contribution is 2.54. The summed E-state index contributed by atoms with van der Waals surface area (Å²) in [6.45, 7) is 0. The van der Waals surface area contributed by atoms with Crippen LogP contribution in [0.4, 0.5) is 5.69 Å². The van der Waals surface area contributed by atoms with Crippen molar-refractivity contribution in [2.24, 2.45) is 5.10 Å². The second-order valence-electron chi connectivity index (χ2n) is 7.55. The Balaban J connectivity index is 1.57. The van der Waals surface area contributed by atoms with Crippen molar-refractivity contribution in [1.29, 1.82) is 0 Å². The second kappa shape index (κ2) is 6.33. The number of hydrogen-bond acceptors (Lipinski definition) is 4. The monoisotopic (exact) mass is 479 g/mol. The Kier molecular flexibility index (Phi) is 3.80. The van der Waals surface area contributed by atoms with Gasteiger partial charge in [-0.1, -0.05) is 57.9 Å². The van der Waals surface area contributed by atoms with E-state index in [4.69, 9.17) is 21.4 Å². The minimum absolute atomic E-state index is 0.115. The van der Waals surface area contributed by atoms with Gasteiger partial charge in [0.2, 0.25) is 0 Å². The van der Waals surface area contributed by atoms with Crippen LogP contribution in [0.5, 0.6) is 5.75 Å². The van der Waals surface area contributed by atoms with E-state index in [9.17, 15) is 4.79 Å².